The molecule has 0 bridgehead atoms. The molecule has 19 heavy (non-hydrogen) atoms. The maximum atomic E-state index is 13.1. The lowest BCUT2D eigenvalue weighted by molar-refractivity contribution is 0.370. The number of rotatable bonds is 4. The van der Waals surface area contributed by atoms with Crippen molar-refractivity contribution in [1.82, 2.24) is 0 Å². The van der Waals surface area contributed by atoms with E-state index in [4.69, 9.17) is 4.74 Å². The van der Waals surface area contributed by atoms with Crippen LogP contribution in [0.4, 0.5) is 4.39 Å². The number of ether oxygens (including phenoxy) is 1. The van der Waals surface area contributed by atoms with E-state index in [-0.39, 0.29) is 5.82 Å². The first-order valence-electron chi connectivity index (χ1n) is 5.89. The molecule has 98 valence electrons. The van der Waals surface area contributed by atoms with Crippen LogP contribution in [0.5, 0.6) is 5.75 Å². The molecule has 0 spiro atoms. The molecule has 2 rings (SSSR count). The van der Waals surface area contributed by atoms with E-state index in [2.05, 4.69) is 22.5 Å². The van der Waals surface area contributed by atoms with Crippen LogP contribution in [0.1, 0.15) is 11.1 Å². The minimum absolute atomic E-state index is 0.281. The van der Waals surface area contributed by atoms with Gasteiger partial charge in [-0.1, -0.05) is 24.8 Å². The van der Waals surface area contributed by atoms with Gasteiger partial charge in [-0.2, -0.15) is 0 Å². The van der Waals surface area contributed by atoms with E-state index in [1.807, 2.05) is 31.2 Å². The van der Waals surface area contributed by atoms with Gasteiger partial charge in [-0.3, -0.25) is 0 Å². The van der Waals surface area contributed by atoms with E-state index >= 15 is 0 Å². The van der Waals surface area contributed by atoms with Crippen molar-refractivity contribution >= 4 is 21.5 Å². The Bertz CT molecular complexity index is 607. The van der Waals surface area contributed by atoms with E-state index in [1.54, 1.807) is 12.1 Å². The zero-order valence-electron chi connectivity index (χ0n) is 10.6. The van der Waals surface area contributed by atoms with Crippen molar-refractivity contribution in [2.24, 2.45) is 0 Å². The highest BCUT2D eigenvalue weighted by molar-refractivity contribution is 9.10. The van der Waals surface area contributed by atoms with Crippen LogP contribution in [0.25, 0.3) is 5.57 Å². The average molecular weight is 321 g/mol. The lowest BCUT2D eigenvalue weighted by Crippen LogP contribution is -2.00. The van der Waals surface area contributed by atoms with Gasteiger partial charge in [-0.15, -0.1) is 0 Å². The number of aryl methyl sites for hydroxylation is 1. The third kappa shape index (κ3) is 3.67. The van der Waals surface area contributed by atoms with Crippen LogP contribution in [-0.4, -0.2) is 6.61 Å². The molecule has 0 heterocycles. The highest BCUT2D eigenvalue weighted by Gasteiger charge is 2.04. The van der Waals surface area contributed by atoms with Gasteiger partial charge in [0, 0.05) is 0 Å². The van der Waals surface area contributed by atoms with E-state index in [1.165, 1.54) is 6.07 Å². The fraction of sp³-hybridized carbons (Fsp3) is 0.125. The molecule has 0 N–H and O–H groups in total. The first kappa shape index (κ1) is 13.8. The molecular formula is C16H14BrFO. The molecule has 0 amide bonds. The van der Waals surface area contributed by atoms with Crippen LogP contribution < -0.4 is 4.74 Å². The summed E-state index contributed by atoms with van der Waals surface area (Å²) < 4.78 is 19.2. The van der Waals surface area contributed by atoms with Crippen molar-refractivity contribution in [2.45, 2.75) is 6.92 Å². The van der Waals surface area contributed by atoms with Gasteiger partial charge in [0.2, 0.25) is 0 Å². The van der Waals surface area contributed by atoms with Crippen LogP contribution in [0.3, 0.4) is 0 Å². The normalized spacial score (nSPS) is 10.3. The summed E-state index contributed by atoms with van der Waals surface area (Å²) in [7, 11) is 0. The van der Waals surface area contributed by atoms with Gasteiger partial charge in [0.25, 0.3) is 0 Å². The smallest absolute Gasteiger partial charge is 0.137 e. The number of hydrogen-bond acceptors (Lipinski definition) is 1. The number of benzene rings is 2. The summed E-state index contributed by atoms with van der Waals surface area (Å²) in [5.74, 6) is 0.526. The van der Waals surface area contributed by atoms with E-state index in [0.29, 0.717) is 11.1 Å². The molecule has 0 fully saturated rings. The summed E-state index contributed by atoms with van der Waals surface area (Å²) in [5, 5.41) is 0. The average Bonchev–Trinajstić information content (AvgIpc) is 2.39. The van der Waals surface area contributed by atoms with Crippen LogP contribution in [0, 0.1) is 12.7 Å². The summed E-state index contributed by atoms with van der Waals surface area (Å²) in [5.41, 5.74) is 2.82. The van der Waals surface area contributed by atoms with E-state index < -0.39 is 0 Å². The summed E-state index contributed by atoms with van der Waals surface area (Å²) in [6.07, 6.45) is 0. The topological polar surface area (TPSA) is 9.23 Å². The first-order valence-corrected chi connectivity index (χ1v) is 6.68. The lowest BCUT2D eigenvalue weighted by atomic mass is 10.1. The fourth-order valence-corrected chi connectivity index (χ4v) is 2.05. The molecule has 1 nitrogen and oxygen atoms in total. The molecule has 2 aromatic carbocycles. The Morgan fingerprint density at radius 2 is 2.05 bits per heavy atom. The van der Waals surface area contributed by atoms with Crippen molar-refractivity contribution in [2.75, 3.05) is 6.61 Å². The van der Waals surface area contributed by atoms with E-state index in [0.717, 1.165) is 22.4 Å². The highest BCUT2D eigenvalue weighted by Crippen LogP contribution is 2.22. The van der Waals surface area contributed by atoms with Gasteiger partial charge in [-0.05, 0) is 63.8 Å². The maximum Gasteiger partial charge on any atom is 0.137 e. The molecule has 0 radical (unpaired) electrons. The third-order valence-corrected chi connectivity index (χ3v) is 3.34. The Kier molecular flexibility index (Phi) is 4.38. The zero-order chi connectivity index (χ0) is 13.8. The van der Waals surface area contributed by atoms with Crippen molar-refractivity contribution < 1.29 is 9.13 Å². The van der Waals surface area contributed by atoms with Crippen LogP contribution in [0.15, 0.2) is 53.5 Å². The Morgan fingerprint density at radius 3 is 2.74 bits per heavy atom. The highest BCUT2D eigenvalue weighted by atomic mass is 79.9. The van der Waals surface area contributed by atoms with Gasteiger partial charge in [-0.25, -0.2) is 4.39 Å². The first-order chi connectivity index (χ1) is 9.06. The zero-order valence-corrected chi connectivity index (χ0v) is 12.2. The minimum Gasteiger partial charge on any atom is -0.489 e. The number of hydrogen-bond donors (Lipinski definition) is 0. The van der Waals surface area contributed by atoms with Gasteiger partial charge < -0.3 is 4.74 Å². The van der Waals surface area contributed by atoms with Crippen molar-refractivity contribution in [3.05, 3.63) is 70.5 Å². The molecule has 2 aromatic rings. The summed E-state index contributed by atoms with van der Waals surface area (Å²) in [6, 6.07) is 12.6. The molecule has 0 saturated carbocycles. The van der Waals surface area contributed by atoms with Gasteiger partial charge in [0.05, 0.1) is 4.47 Å². The Balaban J connectivity index is 2.03. The van der Waals surface area contributed by atoms with Crippen LogP contribution >= 0.6 is 15.9 Å². The molecular weight excluding hydrogens is 307 g/mol. The molecule has 0 saturated heterocycles. The molecule has 0 aromatic heterocycles. The van der Waals surface area contributed by atoms with Gasteiger partial charge >= 0.3 is 0 Å². The van der Waals surface area contributed by atoms with Crippen molar-refractivity contribution in [3.63, 3.8) is 0 Å². The largest absolute Gasteiger partial charge is 0.489 e. The second-order valence-corrected chi connectivity index (χ2v) is 5.19. The number of halogens is 2. The quantitative estimate of drug-likeness (QED) is 0.771. The second-order valence-electron chi connectivity index (χ2n) is 4.34. The molecule has 0 atom stereocenters. The van der Waals surface area contributed by atoms with Crippen molar-refractivity contribution in [3.8, 4) is 5.75 Å². The minimum atomic E-state index is -0.281. The van der Waals surface area contributed by atoms with Gasteiger partial charge in [0.1, 0.15) is 18.2 Å². The second kappa shape index (κ2) is 6.02. The van der Waals surface area contributed by atoms with Gasteiger partial charge in [0.15, 0.2) is 0 Å². The Hall–Kier alpha value is -1.61. The predicted octanol–water partition coefficient (Wildman–Crippen LogP) is 4.99. The monoisotopic (exact) mass is 320 g/mol. The van der Waals surface area contributed by atoms with Crippen molar-refractivity contribution in [1.29, 1.82) is 0 Å². The summed E-state index contributed by atoms with van der Waals surface area (Å²) >= 11 is 3.16. The molecule has 0 aliphatic rings. The Morgan fingerprint density at radius 1 is 1.26 bits per heavy atom. The predicted molar refractivity (Wildman–Crippen MR) is 79.8 cm³/mol. The van der Waals surface area contributed by atoms with Crippen LogP contribution in [-0.2, 0) is 0 Å². The van der Waals surface area contributed by atoms with Crippen LogP contribution in [0.2, 0.25) is 0 Å². The molecule has 0 aliphatic carbocycles. The van der Waals surface area contributed by atoms with E-state index in [9.17, 15) is 4.39 Å². The fourth-order valence-electron chi connectivity index (χ4n) is 1.67. The third-order valence-electron chi connectivity index (χ3n) is 2.73. The lowest BCUT2D eigenvalue weighted by Gasteiger charge is -2.10. The molecule has 0 unspecified atom stereocenters. The molecule has 0 aliphatic heterocycles. The summed E-state index contributed by atoms with van der Waals surface area (Å²) in [4.78, 5) is 0. The molecule has 3 heteroatoms. The Labute approximate surface area is 120 Å². The standard InChI is InChI=1S/C16H14BrFO/c1-11-4-3-5-14(8-11)19-10-12(2)13-6-7-16(18)15(17)9-13/h3-9H,2,10H2,1H3. The SMILES string of the molecule is C=C(COc1cccc(C)c1)c1ccc(F)c(Br)c1. The summed E-state index contributed by atoms with van der Waals surface area (Å²) in [6.45, 7) is 6.35. The maximum absolute atomic E-state index is 13.1.